The largest absolute Gasteiger partial charge is 0.497 e. The highest BCUT2D eigenvalue weighted by molar-refractivity contribution is 6.57. The zero-order chi connectivity index (χ0) is 21.0. The van der Waals surface area contributed by atoms with Crippen LogP contribution in [0.25, 0.3) is 22.3 Å². The van der Waals surface area contributed by atoms with Gasteiger partial charge in [-0.15, -0.1) is 0 Å². The minimum Gasteiger partial charge on any atom is -0.497 e. The molecule has 0 aliphatic carbocycles. The average molecular weight is 386 g/mol. The molecule has 0 saturated heterocycles. The molecule has 3 rings (SSSR count). The second kappa shape index (κ2) is 9.00. The van der Waals surface area contributed by atoms with Crippen molar-refractivity contribution in [2.24, 2.45) is 0 Å². The lowest BCUT2D eigenvalue weighted by Gasteiger charge is -2.15. The molecule has 0 aliphatic rings. The standard InChI is InChI=1S/C25H27BO3/c1-16-13-19(5-9-22(16)18-6-11-24(29-4)17(2)14-18)23-10-8-21(28-3)15-20(23)7-12-25(26)27/h5-6,8-11,13-15H,7,12,26H2,1-4H3. The Bertz CT molecular complexity index is 1040. The molecule has 3 nitrogen and oxygen atoms in total. The first-order valence-electron chi connectivity index (χ1n) is 9.85. The minimum atomic E-state index is 0.195. The summed E-state index contributed by atoms with van der Waals surface area (Å²) >= 11 is 0. The van der Waals surface area contributed by atoms with E-state index in [0.29, 0.717) is 12.8 Å². The van der Waals surface area contributed by atoms with E-state index < -0.39 is 0 Å². The molecule has 0 radical (unpaired) electrons. The predicted molar refractivity (Wildman–Crippen MR) is 122 cm³/mol. The lowest BCUT2D eigenvalue weighted by atomic mass is 9.89. The number of methoxy groups -OCH3 is 2. The molecule has 4 heteroatoms. The number of hydrogen-bond donors (Lipinski definition) is 0. The summed E-state index contributed by atoms with van der Waals surface area (Å²) in [6, 6.07) is 18.9. The first kappa shape index (κ1) is 20.7. The van der Waals surface area contributed by atoms with Crippen LogP contribution in [-0.2, 0) is 11.2 Å². The van der Waals surface area contributed by atoms with Crippen LogP contribution in [0.3, 0.4) is 0 Å². The predicted octanol–water partition coefficient (Wildman–Crippen LogP) is 4.75. The molecule has 0 atom stereocenters. The summed E-state index contributed by atoms with van der Waals surface area (Å²) in [5.41, 5.74) is 8.34. The fourth-order valence-corrected chi connectivity index (χ4v) is 3.70. The average Bonchev–Trinajstić information content (AvgIpc) is 2.71. The van der Waals surface area contributed by atoms with Crippen LogP contribution in [0.4, 0.5) is 0 Å². The van der Waals surface area contributed by atoms with Crippen LogP contribution in [0.15, 0.2) is 54.6 Å². The van der Waals surface area contributed by atoms with E-state index in [9.17, 15) is 4.79 Å². The molecule has 3 aromatic rings. The molecule has 0 bridgehead atoms. The lowest BCUT2D eigenvalue weighted by molar-refractivity contribution is -0.111. The summed E-state index contributed by atoms with van der Waals surface area (Å²) in [6.45, 7) is 4.20. The van der Waals surface area contributed by atoms with E-state index in [2.05, 4.69) is 50.2 Å². The minimum absolute atomic E-state index is 0.195. The van der Waals surface area contributed by atoms with E-state index in [-0.39, 0.29) is 5.68 Å². The third-order valence-corrected chi connectivity index (χ3v) is 5.30. The Hall–Kier alpha value is -3.01. The Morgan fingerprint density at radius 3 is 2.10 bits per heavy atom. The van der Waals surface area contributed by atoms with Gasteiger partial charge in [0.2, 0.25) is 0 Å². The molecular weight excluding hydrogens is 359 g/mol. The maximum atomic E-state index is 11.5. The molecular formula is C25H27BO3. The topological polar surface area (TPSA) is 35.5 Å². The molecule has 0 fully saturated rings. The molecule has 0 spiro atoms. The Kier molecular flexibility index (Phi) is 6.43. The van der Waals surface area contributed by atoms with Crippen molar-refractivity contribution >= 4 is 13.5 Å². The molecule has 3 aromatic carbocycles. The Morgan fingerprint density at radius 1 is 0.828 bits per heavy atom. The highest BCUT2D eigenvalue weighted by atomic mass is 16.5. The number of hydrogen-bond acceptors (Lipinski definition) is 3. The maximum Gasteiger partial charge on any atom is 0.187 e. The fraction of sp³-hybridized carbons (Fsp3) is 0.240. The van der Waals surface area contributed by atoms with Gasteiger partial charge in [0.05, 0.1) is 19.9 Å². The van der Waals surface area contributed by atoms with E-state index in [4.69, 9.17) is 9.47 Å². The third kappa shape index (κ3) is 4.71. The number of ether oxygens (including phenoxy) is 2. The molecule has 148 valence electrons. The monoisotopic (exact) mass is 386 g/mol. The van der Waals surface area contributed by atoms with Gasteiger partial charge in [-0.05, 0) is 89.9 Å². The molecule has 29 heavy (non-hydrogen) atoms. The van der Waals surface area contributed by atoms with Gasteiger partial charge in [-0.1, -0.05) is 30.3 Å². The van der Waals surface area contributed by atoms with Gasteiger partial charge in [0.15, 0.2) is 7.85 Å². The zero-order valence-electron chi connectivity index (χ0n) is 17.8. The second-order valence-electron chi connectivity index (χ2n) is 7.44. The summed E-state index contributed by atoms with van der Waals surface area (Å²) < 4.78 is 10.8. The van der Waals surface area contributed by atoms with Crippen molar-refractivity contribution in [2.45, 2.75) is 26.7 Å². The van der Waals surface area contributed by atoms with Crippen molar-refractivity contribution in [2.75, 3.05) is 14.2 Å². The van der Waals surface area contributed by atoms with E-state index in [1.165, 1.54) is 16.7 Å². The summed E-state index contributed by atoms with van der Waals surface area (Å²) in [6.07, 6.45) is 1.24. The second-order valence-corrected chi connectivity index (χ2v) is 7.44. The number of carbonyl (C=O) groups is 1. The highest BCUT2D eigenvalue weighted by Gasteiger charge is 2.11. The zero-order valence-corrected chi connectivity index (χ0v) is 17.8. The molecule has 0 unspecified atom stereocenters. The van der Waals surface area contributed by atoms with E-state index in [1.807, 2.05) is 18.2 Å². The quantitative estimate of drug-likeness (QED) is 0.550. The van der Waals surface area contributed by atoms with E-state index >= 15 is 0 Å². The fourth-order valence-electron chi connectivity index (χ4n) is 3.70. The van der Waals surface area contributed by atoms with Gasteiger partial charge in [-0.3, -0.25) is 0 Å². The van der Waals surface area contributed by atoms with Gasteiger partial charge in [0, 0.05) is 0 Å². The van der Waals surface area contributed by atoms with Crippen LogP contribution in [0, 0.1) is 13.8 Å². The molecule has 0 N–H and O–H groups in total. The maximum absolute atomic E-state index is 11.5. The van der Waals surface area contributed by atoms with Crippen LogP contribution < -0.4 is 9.47 Å². The van der Waals surface area contributed by atoms with Crippen LogP contribution in [0.5, 0.6) is 11.5 Å². The van der Waals surface area contributed by atoms with Crippen LogP contribution >= 0.6 is 0 Å². The molecule has 0 amide bonds. The Labute approximate surface area is 174 Å². The van der Waals surface area contributed by atoms with Gasteiger partial charge in [-0.25, -0.2) is 0 Å². The van der Waals surface area contributed by atoms with Gasteiger partial charge < -0.3 is 14.3 Å². The number of aryl methyl sites for hydroxylation is 3. The van der Waals surface area contributed by atoms with Gasteiger partial charge in [0.25, 0.3) is 0 Å². The first-order chi connectivity index (χ1) is 13.9. The number of rotatable bonds is 7. The Morgan fingerprint density at radius 2 is 1.48 bits per heavy atom. The van der Waals surface area contributed by atoms with Crippen molar-refractivity contribution in [3.63, 3.8) is 0 Å². The molecule has 0 saturated carbocycles. The van der Waals surface area contributed by atoms with E-state index in [0.717, 1.165) is 33.8 Å². The van der Waals surface area contributed by atoms with Crippen LogP contribution in [0.1, 0.15) is 23.1 Å². The molecule has 0 heterocycles. The normalized spacial score (nSPS) is 10.6. The smallest absolute Gasteiger partial charge is 0.187 e. The van der Waals surface area contributed by atoms with Gasteiger partial charge in [0.1, 0.15) is 11.5 Å². The van der Waals surface area contributed by atoms with Gasteiger partial charge >= 0.3 is 0 Å². The SMILES string of the molecule is BC(=O)CCc1cc(OC)ccc1-c1ccc(-c2ccc(OC)c(C)c2)c(C)c1. The summed E-state index contributed by atoms with van der Waals surface area (Å²) in [4.78, 5) is 11.5. The number of carbonyl (C=O) groups excluding carboxylic acids is 1. The van der Waals surface area contributed by atoms with Crippen molar-refractivity contribution in [3.05, 3.63) is 71.3 Å². The molecule has 0 aliphatic heterocycles. The summed E-state index contributed by atoms with van der Waals surface area (Å²) in [5, 5.41) is 0. The lowest BCUT2D eigenvalue weighted by Crippen LogP contribution is -2.00. The van der Waals surface area contributed by atoms with Gasteiger partial charge in [-0.2, -0.15) is 0 Å². The molecule has 0 aromatic heterocycles. The van der Waals surface area contributed by atoms with Crippen molar-refractivity contribution < 1.29 is 14.3 Å². The highest BCUT2D eigenvalue weighted by Crippen LogP contribution is 2.33. The first-order valence-corrected chi connectivity index (χ1v) is 9.85. The third-order valence-electron chi connectivity index (χ3n) is 5.30. The van der Waals surface area contributed by atoms with Crippen LogP contribution in [-0.4, -0.2) is 27.7 Å². The van der Waals surface area contributed by atoms with Crippen molar-refractivity contribution in [3.8, 4) is 33.8 Å². The van der Waals surface area contributed by atoms with Crippen LogP contribution in [0.2, 0.25) is 0 Å². The Balaban J connectivity index is 2.00. The van der Waals surface area contributed by atoms with E-state index in [1.54, 1.807) is 22.1 Å². The van der Waals surface area contributed by atoms with Crippen molar-refractivity contribution in [1.29, 1.82) is 0 Å². The summed E-state index contributed by atoms with van der Waals surface area (Å²) in [7, 11) is 5.00. The van der Waals surface area contributed by atoms with Crippen molar-refractivity contribution in [1.82, 2.24) is 0 Å². The summed E-state index contributed by atoms with van der Waals surface area (Å²) in [5.74, 6) is 1.71. The number of benzene rings is 3.